The van der Waals surface area contributed by atoms with Crippen molar-refractivity contribution in [2.75, 3.05) is 0 Å². The summed E-state index contributed by atoms with van der Waals surface area (Å²) in [6, 6.07) is 0. The highest BCUT2D eigenvalue weighted by atomic mass is 16.5. The van der Waals surface area contributed by atoms with Gasteiger partial charge in [0.25, 0.3) is 0 Å². The Labute approximate surface area is 53.0 Å². The van der Waals surface area contributed by atoms with E-state index in [1.165, 1.54) is 12.8 Å². The van der Waals surface area contributed by atoms with Crippen LogP contribution in [0.3, 0.4) is 0 Å². The Morgan fingerprint density at radius 1 is 1.56 bits per heavy atom. The van der Waals surface area contributed by atoms with Crippen molar-refractivity contribution in [3.8, 4) is 0 Å². The lowest BCUT2D eigenvalue weighted by Crippen LogP contribution is -1.77. The van der Waals surface area contributed by atoms with Crippen molar-refractivity contribution in [2.45, 2.75) is 25.7 Å². The van der Waals surface area contributed by atoms with Gasteiger partial charge in [0.2, 0.25) is 0 Å². The molecule has 1 aliphatic carbocycles. The molecule has 0 bridgehead atoms. The summed E-state index contributed by atoms with van der Waals surface area (Å²) in [5.74, 6) is 1.63. The lowest BCUT2D eigenvalue weighted by Gasteiger charge is -1.84. The number of aromatic nitrogens is 2. The molecule has 1 fully saturated rings. The van der Waals surface area contributed by atoms with Crippen molar-refractivity contribution in [2.24, 2.45) is 0 Å². The van der Waals surface area contributed by atoms with Crippen LogP contribution >= 0.6 is 0 Å². The average Bonchev–Trinajstić information content (AvgIpc) is 2.58. The molecule has 1 aromatic rings. The smallest absolute Gasteiger partial charge is 0.163 e. The van der Waals surface area contributed by atoms with Crippen molar-refractivity contribution in [3.63, 3.8) is 0 Å². The van der Waals surface area contributed by atoms with Crippen LogP contribution in [-0.4, -0.2) is 10.4 Å². The number of aryl methyl sites for hydroxylation is 1. The van der Waals surface area contributed by atoms with E-state index in [2.05, 4.69) is 10.4 Å². The first-order valence-corrected chi connectivity index (χ1v) is 3.17. The first-order valence-electron chi connectivity index (χ1n) is 3.17. The quantitative estimate of drug-likeness (QED) is 0.565. The Kier molecular flexibility index (Phi) is 0.860. The van der Waals surface area contributed by atoms with E-state index in [9.17, 15) is 0 Å². The van der Waals surface area contributed by atoms with Crippen LogP contribution < -0.4 is 0 Å². The molecule has 48 valence electrons. The zero-order chi connectivity index (χ0) is 6.27. The second-order valence-corrected chi connectivity index (χ2v) is 2.50. The monoisotopic (exact) mass is 124 g/mol. The van der Waals surface area contributed by atoms with Crippen LogP contribution in [-0.2, 0) is 0 Å². The molecule has 0 unspecified atom stereocenters. The molecule has 1 heterocycles. The molecule has 2 rings (SSSR count). The second kappa shape index (κ2) is 1.56. The molecule has 1 aliphatic rings. The molecular weight excluding hydrogens is 116 g/mol. The third kappa shape index (κ3) is 0.724. The van der Waals surface area contributed by atoms with E-state index in [0.29, 0.717) is 5.92 Å². The van der Waals surface area contributed by atoms with Crippen molar-refractivity contribution in [3.05, 3.63) is 11.5 Å². The lowest BCUT2D eigenvalue weighted by molar-refractivity contribution is 0.362. The molecule has 0 saturated heterocycles. The maximum absolute atomic E-state index is 4.93. The minimum absolute atomic E-state index is 0.639. The topological polar surface area (TPSA) is 38.9 Å². The lowest BCUT2D eigenvalue weighted by atomic mass is 10.3. The molecule has 0 spiro atoms. The standard InChI is InChI=1S/C6H8N2O/c1-4-6(5-2-3-5)9-8-7-4/h5H,2-3H2,1H3. The van der Waals surface area contributed by atoms with Crippen molar-refractivity contribution in [1.82, 2.24) is 10.4 Å². The van der Waals surface area contributed by atoms with Gasteiger partial charge in [-0.05, 0) is 19.8 Å². The summed E-state index contributed by atoms with van der Waals surface area (Å²) in [6.45, 7) is 1.93. The molecule has 0 aromatic carbocycles. The van der Waals surface area contributed by atoms with Gasteiger partial charge in [0.1, 0.15) is 5.69 Å². The second-order valence-electron chi connectivity index (χ2n) is 2.50. The Balaban J connectivity index is 2.35. The minimum Gasteiger partial charge on any atom is -0.342 e. The predicted octanol–water partition coefficient (Wildman–Crippen LogP) is 1.26. The Hall–Kier alpha value is -0.860. The van der Waals surface area contributed by atoms with Gasteiger partial charge in [0, 0.05) is 11.2 Å². The summed E-state index contributed by atoms with van der Waals surface area (Å²) < 4.78 is 4.93. The first kappa shape index (κ1) is 4.97. The van der Waals surface area contributed by atoms with E-state index in [-0.39, 0.29) is 0 Å². The van der Waals surface area contributed by atoms with Gasteiger partial charge in [-0.15, -0.1) is 5.10 Å². The molecule has 0 atom stereocenters. The largest absolute Gasteiger partial charge is 0.342 e. The Bertz CT molecular complexity index is 215. The van der Waals surface area contributed by atoms with E-state index in [1.807, 2.05) is 6.92 Å². The van der Waals surface area contributed by atoms with Crippen molar-refractivity contribution in [1.29, 1.82) is 0 Å². The fraction of sp³-hybridized carbons (Fsp3) is 0.667. The van der Waals surface area contributed by atoms with Crippen molar-refractivity contribution >= 4 is 0 Å². The number of hydrogen-bond donors (Lipinski definition) is 0. The Morgan fingerprint density at radius 3 is 2.78 bits per heavy atom. The molecule has 1 saturated carbocycles. The molecule has 0 radical (unpaired) electrons. The molecule has 0 amide bonds. The zero-order valence-electron chi connectivity index (χ0n) is 5.29. The minimum atomic E-state index is 0.639. The fourth-order valence-corrected chi connectivity index (χ4v) is 0.956. The first-order chi connectivity index (χ1) is 4.38. The SMILES string of the molecule is Cc1nnoc1C1CC1. The summed E-state index contributed by atoms with van der Waals surface area (Å²) in [5.41, 5.74) is 0.956. The van der Waals surface area contributed by atoms with E-state index in [1.54, 1.807) is 0 Å². The highest BCUT2D eigenvalue weighted by Crippen LogP contribution is 2.40. The van der Waals surface area contributed by atoms with Crippen LogP contribution in [0.4, 0.5) is 0 Å². The number of hydrogen-bond acceptors (Lipinski definition) is 3. The number of rotatable bonds is 1. The van der Waals surface area contributed by atoms with E-state index < -0.39 is 0 Å². The van der Waals surface area contributed by atoms with Crippen LogP contribution in [0.15, 0.2) is 4.52 Å². The van der Waals surface area contributed by atoms with E-state index in [4.69, 9.17) is 4.52 Å². The highest BCUT2D eigenvalue weighted by Gasteiger charge is 2.29. The van der Waals surface area contributed by atoms with Gasteiger partial charge in [-0.3, -0.25) is 0 Å². The fourth-order valence-electron chi connectivity index (χ4n) is 0.956. The summed E-state index contributed by atoms with van der Waals surface area (Å²) in [4.78, 5) is 0. The molecule has 0 N–H and O–H groups in total. The van der Waals surface area contributed by atoms with Gasteiger partial charge in [-0.25, -0.2) is 0 Å². The number of nitrogens with zero attached hydrogens (tertiary/aromatic N) is 2. The van der Waals surface area contributed by atoms with Gasteiger partial charge in [-0.1, -0.05) is 0 Å². The van der Waals surface area contributed by atoms with Gasteiger partial charge in [0.15, 0.2) is 5.76 Å². The molecule has 3 heteroatoms. The Morgan fingerprint density at radius 2 is 2.33 bits per heavy atom. The summed E-state index contributed by atoms with van der Waals surface area (Å²) >= 11 is 0. The highest BCUT2D eigenvalue weighted by molar-refractivity contribution is 5.14. The van der Waals surface area contributed by atoms with Crippen LogP contribution in [0.25, 0.3) is 0 Å². The maximum atomic E-state index is 4.93. The molecular formula is C6H8N2O. The van der Waals surface area contributed by atoms with Gasteiger partial charge in [-0.2, -0.15) is 0 Å². The zero-order valence-corrected chi connectivity index (χ0v) is 5.29. The van der Waals surface area contributed by atoms with E-state index >= 15 is 0 Å². The van der Waals surface area contributed by atoms with Crippen LogP contribution in [0, 0.1) is 6.92 Å². The van der Waals surface area contributed by atoms with Crippen LogP contribution in [0.5, 0.6) is 0 Å². The van der Waals surface area contributed by atoms with Gasteiger partial charge < -0.3 is 4.52 Å². The normalized spacial score (nSPS) is 18.3. The predicted molar refractivity (Wildman–Crippen MR) is 31.0 cm³/mol. The molecule has 1 aromatic heterocycles. The molecule has 3 nitrogen and oxygen atoms in total. The van der Waals surface area contributed by atoms with Crippen LogP contribution in [0.2, 0.25) is 0 Å². The third-order valence-electron chi connectivity index (χ3n) is 1.63. The summed E-state index contributed by atoms with van der Waals surface area (Å²) in [6.07, 6.45) is 2.50. The van der Waals surface area contributed by atoms with Gasteiger partial charge in [0.05, 0.1) is 0 Å². The third-order valence-corrected chi connectivity index (χ3v) is 1.63. The van der Waals surface area contributed by atoms with Gasteiger partial charge >= 0.3 is 0 Å². The average molecular weight is 124 g/mol. The summed E-state index contributed by atoms with van der Waals surface area (Å²) in [7, 11) is 0. The summed E-state index contributed by atoms with van der Waals surface area (Å²) in [5, 5.41) is 7.22. The molecule has 9 heavy (non-hydrogen) atoms. The molecule has 0 aliphatic heterocycles. The van der Waals surface area contributed by atoms with Crippen LogP contribution in [0.1, 0.15) is 30.2 Å². The maximum Gasteiger partial charge on any atom is 0.163 e. The van der Waals surface area contributed by atoms with Crippen molar-refractivity contribution < 1.29 is 4.52 Å². The van der Waals surface area contributed by atoms with E-state index in [0.717, 1.165) is 11.5 Å².